The first-order valence-corrected chi connectivity index (χ1v) is 13.6. The molecular weight excluding hydrogens is 506 g/mol. The van der Waals surface area contributed by atoms with Crippen LogP contribution in [0.3, 0.4) is 0 Å². The fraction of sp³-hybridized carbons (Fsp3) is 0.345. The van der Waals surface area contributed by atoms with Gasteiger partial charge < -0.3 is 21.3 Å². The van der Waals surface area contributed by atoms with Gasteiger partial charge in [-0.3, -0.25) is 19.0 Å². The summed E-state index contributed by atoms with van der Waals surface area (Å²) in [5.74, 6) is -0.185. The van der Waals surface area contributed by atoms with Crippen LogP contribution in [0.5, 0.6) is 0 Å². The van der Waals surface area contributed by atoms with Crippen LogP contribution in [0, 0.1) is 0 Å². The van der Waals surface area contributed by atoms with Crippen molar-refractivity contribution in [2.45, 2.75) is 31.3 Å². The maximum absolute atomic E-state index is 13.2. The number of amides is 2. The second-order valence-electron chi connectivity index (χ2n) is 10.5. The highest BCUT2D eigenvalue weighted by Crippen LogP contribution is 2.25. The number of nitrogen functional groups attached to an aromatic ring is 1. The van der Waals surface area contributed by atoms with Crippen LogP contribution in [0.25, 0.3) is 22.3 Å². The molecule has 3 aromatic heterocycles. The molecule has 2 aliphatic heterocycles. The Hall–Kier alpha value is -4.51. The predicted octanol–water partition coefficient (Wildman–Crippen LogP) is 2.50. The van der Waals surface area contributed by atoms with Crippen molar-refractivity contribution in [1.82, 2.24) is 40.1 Å². The zero-order valence-electron chi connectivity index (χ0n) is 22.5. The molecular formula is C29H33N9O2. The number of carbonyl (C=O) groups excluding carboxylic acids is 2. The van der Waals surface area contributed by atoms with E-state index in [4.69, 9.17) is 5.73 Å². The van der Waals surface area contributed by atoms with Crippen molar-refractivity contribution < 1.29 is 9.59 Å². The molecule has 0 spiro atoms. The van der Waals surface area contributed by atoms with Crippen molar-refractivity contribution >= 4 is 17.6 Å². The summed E-state index contributed by atoms with van der Waals surface area (Å²) < 4.78 is 3.75. The number of nitrogens with zero attached hydrogens (tertiary/aromatic N) is 6. The highest BCUT2D eigenvalue weighted by Gasteiger charge is 2.29. The number of aromatic nitrogens is 5. The van der Waals surface area contributed by atoms with Gasteiger partial charge in [0.25, 0.3) is 11.8 Å². The van der Waals surface area contributed by atoms with Crippen LogP contribution < -0.4 is 16.4 Å². The molecule has 5 heterocycles. The molecule has 0 unspecified atom stereocenters. The number of benzene rings is 1. The molecule has 1 atom stereocenters. The Morgan fingerprint density at radius 1 is 0.950 bits per heavy atom. The van der Waals surface area contributed by atoms with E-state index in [1.807, 2.05) is 43.7 Å². The van der Waals surface area contributed by atoms with Crippen LogP contribution in [0.15, 0.2) is 61.3 Å². The minimum Gasteiger partial charge on any atom is -0.383 e. The first kappa shape index (κ1) is 25.8. The number of hydrogen-bond acceptors (Lipinski definition) is 7. The van der Waals surface area contributed by atoms with E-state index in [1.165, 1.54) is 0 Å². The van der Waals surface area contributed by atoms with Gasteiger partial charge in [-0.05, 0) is 56.1 Å². The van der Waals surface area contributed by atoms with Gasteiger partial charge in [0.2, 0.25) is 0 Å². The number of nitrogens with two attached hydrogens (primary N) is 1. The van der Waals surface area contributed by atoms with Gasteiger partial charge in [0.15, 0.2) is 0 Å². The van der Waals surface area contributed by atoms with Crippen molar-refractivity contribution in [3.05, 3.63) is 72.4 Å². The first-order valence-electron chi connectivity index (χ1n) is 13.6. The zero-order valence-corrected chi connectivity index (χ0v) is 22.5. The minimum atomic E-state index is -0.301. The lowest BCUT2D eigenvalue weighted by molar-refractivity contribution is 0.0783. The number of nitrogens with one attached hydrogen (secondary N) is 2. The van der Waals surface area contributed by atoms with Gasteiger partial charge in [-0.25, -0.2) is 4.98 Å². The van der Waals surface area contributed by atoms with E-state index in [9.17, 15) is 9.59 Å². The van der Waals surface area contributed by atoms with E-state index >= 15 is 0 Å². The molecule has 4 aromatic rings. The average Bonchev–Trinajstić information content (AvgIpc) is 3.75. The molecule has 0 bridgehead atoms. The molecule has 11 heteroatoms. The van der Waals surface area contributed by atoms with Gasteiger partial charge in [0.1, 0.15) is 5.82 Å². The molecule has 2 aliphatic rings. The summed E-state index contributed by atoms with van der Waals surface area (Å²) in [5.41, 5.74) is 10.6. The Labute approximate surface area is 232 Å². The third-order valence-corrected chi connectivity index (χ3v) is 7.76. The summed E-state index contributed by atoms with van der Waals surface area (Å²) in [5, 5.41) is 15.2. The minimum absolute atomic E-state index is 0.0477. The monoisotopic (exact) mass is 539 g/mol. The van der Waals surface area contributed by atoms with Gasteiger partial charge >= 0.3 is 0 Å². The van der Waals surface area contributed by atoms with E-state index in [1.54, 1.807) is 28.0 Å². The van der Waals surface area contributed by atoms with E-state index in [-0.39, 0.29) is 23.7 Å². The Morgan fingerprint density at radius 3 is 2.45 bits per heavy atom. The van der Waals surface area contributed by atoms with Crippen LogP contribution in [0.4, 0.5) is 5.82 Å². The lowest BCUT2D eigenvalue weighted by atomic mass is 10.1. The van der Waals surface area contributed by atoms with Crippen LogP contribution in [-0.4, -0.2) is 73.5 Å². The Balaban J connectivity index is 1.07. The molecule has 40 heavy (non-hydrogen) atoms. The highest BCUT2D eigenvalue weighted by atomic mass is 16.2. The van der Waals surface area contributed by atoms with Crippen LogP contribution in [0.2, 0.25) is 0 Å². The largest absolute Gasteiger partial charge is 0.383 e. The molecule has 2 saturated heterocycles. The summed E-state index contributed by atoms with van der Waals surface area (Å²) in [4.78, 5) is 32.3. The van der Waals surface area contributed by atoms with Crippen molar-refractivity contribution in [1.29, 1.82) is 0 Å². The van der Waals surface area contributed by atoms with Crippen LogP contribution in [-0.2, 0) is 7.05 Å². The second-order valence-corrected chi connectivity index (χ2v) is 10.5. The number of likely N-dealkylation sites (tertiary alicyclic amines) is 1. The summed E-state index contributed by atoms with van der Waals surface area (Å²) >= 11 is 0. The molecule has 1 aromatic carbocycles. The molecule has 0 radical (unpaired) electrons. The molecule has 6 rings (SSSR count). The number of carbonyl (C=O) groups is 2. The quantitative estimate of drug-likeness (QED) is 0.343. The Morgan fingerprint density at radius 2 is 1.70 bits per heavy atom. The topological polar surface area (TPSA) is 136 Å². The molecule has 4 N–H and O–H groups in total. The van der Waals surface area contributed by atoms with Crippen molar-refractivity contribution in [3.63, 3.8) is 0 Å². The summed E-state index contributed by atoms with van der Waals surface area (Å²) in [6.45, 7) is 3.04. The maximum Gasteiger partial charge on any atom is 0.255 e. The van der Waals surface area contributed by atoms with Crippen molar-refractivity contribution in [2.24, 2.45) is 7.05 Å². The third-order valence-electron chi connectivity index (χ3n) is 7.76. The average molecular weight is 540 g/mol. The van der Waals surface area contributed by atoms with E-state index in [0.29, 0.717) is 36.7 Å². The number of pyridine rings is 1. The third kappa shape index (κ3) is 5.32. The number of aryl methyl sites for hydroxylation is 1. The lowest BCUT2D eigenvalue weighted by Crippen LogP contribution is -2.38. The fourth-order valence-electron chi connectivity index (χ4n) is 5.46. The maximum atomic E-state index is 13.2. The van der Waals surface area contributed by atoms with Crippen LogP contribution in [0.1, 0.15) is 46.0 Å². The lowest BCUT2D eigenvalue weighted by Gasteiger charge is -2.22. The smallest absolute Gasteiger partial charge is 0.255 e. The van der Waals surface area contributed by atoms with Gasteiger partial charge in [-0.1, -0.05) is 12.1 Å². The zero-order chi connectivity index (χ0) is 27.6. The summed E-state index contributed by atoms with van der Waals surface area (Å²) in [7, 11) is 1.83. The van der Waals surface area contributed by atoms with Gasteiger partial charge in [0, 0.05) is 67.0 Å². The number of piperidine rings is 1. The summed E-state index contributed by atoms with van der Waals surface area (Å²) in [6, 6.07) is 9.65. The fourth-order valence-corrected chi connectivity index (χ4v) is 5.46. The van der Waals surface area contributed by atoms with Gasteiger partial charge in [-0.15, -0.1) is 0 Å². The molecule has 0 saturated carbocycles. The normalized spacial score (nSPS) is 17.7. The van der Waals surface area contributed by atoms with Crippen molar-refractivity contribution in [2.75, 3.05) is 31.9 Å². The van der Waals surface area contributed by atoms with E-state index in [0.717, 1.165) is 48.2 Å². The van der Waals surface area contributed by atoms with Crippen LogP contribution >= 0.6 is 0 Å². The van der Waals surface area contributed by atoms with E-state index < -0.39 is 0 Å². The number of anilines is 1. The Bertz CT molecular complexity index is 1520. The number of rotatable bonds is 6. The molecule has 0 aliphatic carbocycles. The van der Waals surface area contributed by atoms with E-state index in [2.05, 4.69) is 36.7 Å². The van der Waals surface area contributed by atoms with Gasteiger partial charge in [-0.2, -0.15) is 10.2 Å². The van der Waals surface area contributed by atoms with Gasteiger partial charge in [0.05, 0.1) is 24.0 Å². The number of hydrogen-bond donors (Lipinski definition) is 3. The molecule has 2 fully saturated rings. The Kier molecular flexibility index (Phi) is 7.04. The second kappa shape index (κ2) is 10.9. The molecule has 11 nitrogen and oxygen atoms in total. The molecule has 206 valence electrons. The SMILES string of the molecule is Cn1cc(-c2cnc(N)c(C(=O)N[C@@H]3CCN(C(=O)c4ccc(-c5cnn(C6CCNCC6)c5)cc4)C3)c2)cn1. The summed E-state index contributed by atoms with van der Waals surface area (Å²) in [6.07, 6.45) is 12.0. The molecule has 2 amide bonds. The standard InChI is InChI=1S/C29H33N9O2/c1-36-16-22(14-33-36)21-12-26(27(30)32-13-21)28(39)35-24-8-11-37(18-24)29(40)20-4-2-19(3-5-20)23-15-34-38(17-23)25-6-9-31-10-7-25/h2-5,12-17,24-25,31H,6-11,18H2,1H3,(H2,30,32)(H,35,39)/t24-/m1/s1. The predicted molar refractivity (Wildman–Crippen MR) is 151 cm³/mol. The first-order chi connectivity index (χ1) is 19.4. The van der Waals surface area contributed by atoms with Crippen molar-refractivity contribution in [3.8, 4) is 22.3 Å². The highest BCUT2D eigenvalue weighted by molar-refractivity contribution is 6.00.